The highest BCUT2D eigenvalue weighted by Gasteiger charge is 2.26. The number of H-pyrrole nitrogens is 1. The van der Waals surface area contributed by atoms with Gasteiger partial charge in [0, 0.05) is 19.3 Å². The van der Waals surface area contributed by atoms with Gasteiger partial charge in [0.1, 0.15) is 5.56 Å². The summed E-state index contributed by atoms with van der Waals surface area (Å²) in [5, 5.41) is 9.28. The van der Waals surface area contributed by atoms with Gasteiger partial charge >= 0.3 is 0 Å². The SMILES string of the molecule is O=C(c1ccc[nH]c1=O)N1CC[C@H](O)C1. The van der Waals surface area contributed by atoms with E-state index < -0.39 is 6.10 Å². The fourth-order valence-electron chi connectivity index (χ4n) is 1.69. The van der Waals surface area contributed by atoms with Gasteiger partial charge in [-0.05, 0) is 18.6 Å². The van der Waals surface area contributed by atoms with Crippen molar-refractivity contribution in [1.82, 2.24) is 9.88 Å². The van der Waals surface area contributed by atoms with Gasteiger partial charge in [0.2, 0.25) is 0 Å². The number of carbonyl (C=O) groups is 1. The van der Waals surface area contributed by atoms with Crippen molar-refractivity contribution in [2.75, 3.05) is 13.1 Å². The predicted molar refractivity (Wildman–Crippen MR) is 53.6 cm³/mol. The van der Waals surface area contributed by atoms with Crippen molar-refractivity contribution in [1.29, 1.82) is 0 Å². The number of amides is 1. The Kier molecular flexibility index (Phi) is 2.55. The molecule has 5 heteroatoms. The third-order valence-electron chi connectivity index (χ3n) is 2.50. The van der Waals surface area contributed by atoms with Gasteiger partial charge in [-0.2, -0.15) is 0 Å². The number of pyridine rings is 1. The molecule has 15 heavy (non-hydrogen) atoms. The molecule has 0 aliphatic carbocycles. The van der Waals surface area contributed by atoms with Crippen LogP contribution in [0.4, 0.5) is 0 Å². The zero-order valence-electron chi connectivity index (χ0n) is 8.14. The Bertz CT molecular complexity index is 427. The normalized spacial score (nSPS) is 20.6. The first-order valence-corrected chi connectivity index (χ1v) is 4.83. The van der Waals surface area contributed by atoms with Crippen LogP contribution in [0.2, 0.25) is 0 Å². The topological polar surface area (TPSA) is 73.4 Å². The number of aromatic amines is 1. The van der Waals surface area contributed by atoms with E-state index in [-0.39, 0.29) is 17.0 Å². The number of nitrogens with one attached hydrogen (secondary N) is 1. The molecule has 0 aromatic carbocycles. The fourth-order valence-corrected chi connectivity index (χ4v) is 1.69. The van der Waals surface area contributed by atoms with Crippen LogP contribution < -0.4 is 5.56 Å². The molecule has 1 aromatic rings. The quantitative estimate of drug-likeness (QED) is 0.658. The van der Waals surface area contributed by atoms with Gasteiger partial charge in [0.05, 0.1) is 6.10 Å². The molecule has 2 heterocycles. The molecule has 0 unspecified atom stereocenters. The highest BCUT2D eigenvalue weighted by atomic mass is 16.3. The van der Waals surface area contributed by atoms with Crippen molar-refractivity contribution in [2.24, 2.45) is 0 Å². The summed E-state index contributed by atoms with van der Waals surface area (Å²) >= 11 is 0. The predicted octanol–water partition coefficient (Wildman–Crippen LogP) is -0.418. The van der Waals surface area contributed by atoms with Crippen LogP contribution >= 0.6 is 0 Å². The number of β-amino-alcohol motifs (C(OH)–C–C–N with tert-alkyl or cyclic N) is 1. The number of nitrogens with zero attached hydrogens (tertiary/aromatic N) is 1. The Morgan fingerprint density at radius 3 is 3.00 bits per heavy atom. The summed E-state index contributed by atoms with van der Waals surface area (Å²) in [6, 6.07) is 3.10. The van der Waals surface area contributed by atoms with Gasteiger partial charge in [-0.15, -0.1) is 0 Å². The minimum Gasteiger partial charge on any atom is -0.391 e. The number of hydrogen-bond donors (Lipinski definition) is 2. The summed E-state index contributed by atoms with van der Waals surface area (Å²) in [4.78, 5) is 27.1. The molecule has 1 fully saturated rings. The minimum atomic E-state index is -0.461. The lowest BCUT2D eigenvalue weighted by Crippen LogP contribution is -2.33. The molecular formula is C10H12N2O3. The van der Waals surface area contributed by atoms with Crippen LogP contribution in [0.5, 0.6) is 0 Å². The maximum Gasteiger partial charge on any atom is 0.260 e. The summed E-state index contributed by atoms with van der Waals surface area (Å²) in [5.41, 5.74) is -0.254. The Morgan fingerprint density at radius 2 is 2.40 bits per heavy atom. The molecule has 1 amide bonds. The zero-order valence-corrected chi connectivity index (χ0v) is 8.14. The second-order valence-electron chi connectivity index (χ2n) is 3.61. The van der Waals surface area contributed by atoms with E-state index in [1.807, 2.05) is 0 Å². The Labute approximate surface area is 86.3 Å². The van der Waals surface area contributed by atoms with E-state index in [4.69, 9.17) is 0 Å². The van der Waals surface area contributed by atoms with Crippen LogP contribution in [0.1, 0.15) is 16.8 Å². The molecule has 1 aromatic heterocycles. The third-order valence-corrected chi connectivity index (χ3v) is 2.50. The van der Waals surface area contributed by atoms with Crippen LogP contribution in [0, 0.1) is 0 Å². The molecular weight excluding hydrogens is 196 g/mol. The summed E-state index contributed by atoms with van der Waals surface area (Å²) in [6.45, 7) is 0.821. The highest BCUT2D eigenvalue weighted by molar-refractivity contribution is 5.93. The molecule has 0 spiro atoms. The standard InChI is InChI=1S/C10H12N2O3/c13-7-3-5-12(6-7)10(15)8-2-1-4-11-9(8)14/h1-2,4,7,13H,3,5-6H2,(H,11,14)/t7-/m0/s1. The largest absolute Gasteiger partial charge is 0.391 e. The lowest BCUT2D eigenvalue weighted by Gasteiger charge is -2.14. The number of aliphatic hydroxyl groups is 1. The van der Waals surface area contributed by atoms with Crippen LogP contribution in [-0.2, 0) is 0 Å². The van der Waals surface area contributed by atoms with E-state index in [2.05, 4.69) is 4.98 Å². The van der Waals surface area contributed by atoms with Crippen molar-refractivity contribution in [3.8, 4) is 0 Å². The number of hydrogen-bond acceptors (Lipinski definition) is 3. The first-order chi connectivity index (χ1) is 7.18. The summed E-state index contributed by atoms with van der Waals surface area (Å²) < 4.78 is 0. The Balaban J connectivity index is 2.22. The fraction of sp³-hybridized carbons (Fsp3) is 0.400. The molecule has 1 aliphatic heterocycles. The zero-order chi connectivity index (χ0) is 10.8. The van der Waals surface area contributed by atoms with Gasteiger partial charge in [-0.3, -0.25) is 9.59 Å². The second-order valence-corrected chi connectivity index (χ2v) is 3.61. The average molecular weight is 208 g/mol. The second kappa shape index (κ2) is 3.86. The number of aromatic nitrogens is 1. The number of carbonyl (C=O) groups excluding carboxylic acids is 1. The smallest absolute Gasteiger partial charge is 0.260 e. The molecule has 0 saturated carbocycles. The summed E-state index contributed by atoms with van der Waals surface area (Å²) in [7, 11) is 0. The molecule has 2 rings (SSSR count). The van der Waals surface area contributed by atoms with E-state index in [1.54, 1.807) is 6.07 Å². The van der Waals surface area contributed by atoms with Crippen LogP contribution in [-0.4, -0.2) is 40.1 Å². The molecule has 0 bridgehead atoms. The molecule has 5 nitrogen and oxygen atoms in total. The van der Waals surface area contributed by atoms with Crippen molar-refractivity contribution < 1.29 is 9.90 Å². The van der Waals surface area contributed by atoms with Gasteiger partial charge in [0.15, 0.2) is 0 Å². The maximum atomic E-state index is 11.8. The summed E-state index contributed by atoms with van der Waals surface area (Å²) in [6.07, 6.45) is 1.60. The van der Waals surface area contributed by atoms with Crippen molar-refractivity contribution in [3.63, 3.8) is 0 Å². The number of aliphatic hydroxyl groups excluding tert-OH is 1. The summed E-state index contributed by atoms with van der Waals surface area (Å²) in [5.74, 6) is -0.312. The highest BCUT2D eigenvalue weighted by Crippen LogP contribution is 2.11. The molecule has 0 radical (unpaired) electrons. The molecule has 1 atom stereocenters. The minimum absolute atomic E-state index is 0.131. The molecule has 2 N–H and O–H groups in total. The van der Waals surface area contributed by atoms with Crippen molar-refractivity contribution in [3.05, 3.63) is 34.2 Å². The Hall–Kier alpha value is -1.62. The van der Waals surface area contributed by atoms with Crippen LogP contribution in [0.25, 0.3) is 0 Å². The van der Waals surface area contributed by atoms with Crippen LogP contribution in [0.15, 0.2) is 23.1 Å². The van der Waals surface area contributed by atoms with Gasteiger partial charge in [0.25, 0.3) is 11.5 Å². The number of likely N-dealkylation sites (tertiary alicyclic amines) is 1. The number of rotatable bonds is 1. The lowest BCUT2D eigenvalue weighted by atomic mass is 10.2. The monoisotopic (exact) mass is 208 g/mol. The van der Waals surface area contributed by atoms with Gasteiger partial charge < -0.3 is 15.0 Å². The van der Waals surface area contributed by atoms with E-state index in [0.717, 1.165) is 0 Å². The van der Waals surface area contributed by atoms with E-state index in [0.29, 0.717) is 19.5 Å². The first-order valence-electron chi connectivity index (χ1n) is 4.83. The van der Waals surface area contributed by atoms with E-state index in [9.17, 15) is 14.7 Å². The van der Waals surface area contributed by atoms with Gasteiger partial charge in [-0.1, -0.05) is 0 Å². The maximum absolute atomic E-state index is 11.8. The third kappa shape index (κ3) is 1.92. The molecule has 1 saturated heterocycles. The van der Waals surface area contributed by atoms with Gasteiger partial charge in [-0.25, -0.2) is 0 Å². The van der Waals surface area contributed by atoms with E-state index >= 15 is 0 Å². The molecule has 1 aliphatic rings. The van der Waals surface area contributed by atoms with E-state index in [1.165, 1.54) is 17.2 Å². The molecule has 80 valence electrons. The van der Waals surface area contributed by atoms with Crippen LogP contribution in [0.3, 0.4) is 0 Å². The Morgan fingerprint density at radius 1 is 1.60 bits per heavy atom. The van der Waals surface area contributed by atoms with Crippen molar-refractivity contribution >= 4 is 5.91 Å². The average Bonchev–Trinajstić information content (AvgIpc) is 2.65. The lowest BCUT2D eigenvalue weighted by molar-refractivity contribution is 0.0763. The first kappa shape index (κ1) is 9.92. The van der Waals surface area contributed by atoms with Crippen molar-refractivity contribution in [2.45, 2.75) is 12.5 Å².